The highest BCUT2D eigenvalue weighted by Gasteiger charge is 2.16. The van der Waals surface area contributed by atoms with Crippen molar-refractivity contribution in [2.24, 2.45) is 0 Å². The molecule has 0 aliphatic heterocycles. The maximum Gasteiger partial charge on any atom is 0.275 e. The van der Waals surface area contributed by atoms with Gasteiger partial charge >= 0.3 is 0 Å². The summed E-state index contributed by atoms with van der Waals surface area (Å²) in [6, 6.07) is 7.87. The van der Waals surface area contributed by atoms with Crippen molar-refractivity contribution in [1.82, 2.24) is 10.4 Å². The van der Waals surface area contributed by atoms with E-state index in [2.05, 4.69) is 26.2 Å². The molecule has 4 nitrogen and oxygen atoms in total. The third-order valence-electron chi connectivity index (χ3n) is 2.74. The lowest BCUT2D eigenvalue weighted by molar-refractivity contribution is -0.131. The molecule has 0 saturated carbocycles. The van der Waals surface area contributed by atoms with Crippen LogP contribution in [0.5, 0.6) is 5.75 Å². The minimum Gasteiger partial charge on any atom is -0.481 e. The first-order chi connectivity index (χ1) is 8.70. The molecule has 0 heterocycles. The van der Waals surface area contributed by atoms with E-state index in [1.807, 2.05) is 24.3 Å². The maximum atomic E-state index is 11.7. The van der Waals surface area contributed by atoms with Crippen LogP contribution < -0.4 is 10.2 Å². The van der Waals surface area contributed by atoms with Crippen LogP contribution in [-0.4, -0.2) is 31.1 Å². The largest absolute Gasteiger partial charge is 0.481 e. The second kappa shape index (κ2) is 6.06. The molecule has 0 aliphatic rings. The van der Waals surface area contributed by atoms with Crippen LogP contribution in [0.3, 0.4) is 0 Å². The van der Waals surface area contributed by atoms with Gasteiger partial charge in [-0.2, -0.15) is 0 Å². The van der Waals surface area contributed by atoms with Crippen molar-refractivity contribution in [2.75, 3.05) is 14.1 Å². The summed E-state index contributed by atoms with van der Waals surface area (Å²) in [5.74, 6) is 0.541. The molecule has 1 amide bonds. The predicted molar refractivity (Wildman–Crippen MR) is 77.1 cm³/mol. The number of hydrazine groups is 1. The number of nitrogens with one attached hydrogen (secondary N) is 1. The van der Waals surface area contributed by atoms with Gasteiger partial charge in [0.05, 0.1) is 0 Å². The van der Waals surface area contributed by atoms with E-state index in [0.29, 0.717) is 5.75 Å². The van der Waals surface area contributed by atoms with Crippen molar-refractivity contribution < 1.29 is 9.53 Å². The number of hydrogen-bond acceptors (Lipinski definition) is 3. The lowest BCUT2D eigenvalue weighted by atomic mass is 9.87. The van der Waals surface area contributed by atoms with Gasteiger partial charge in [-0.3, -0.25) is 10.2 Å². The maximum absolute atomic E-state index is 11.7. The summed E-state index contributed by atoms with van der Waals surface area (Å²) in [7, 11) is 3.53. The van der Waals surface area contributed by atoms with Gasteiger partial charge in [-0.25, -0.2) is 5.01 Å². The van der Waals surface area contributed by atoms with E-state index in [1.54, 1.807) is 26.0 Å². The predicted octanol–water partition coefficient (Wildman–Crippen LogP) is 2.34. The zero-order chi connectivity index (χ0) is 14.6. The molecule has 1 aromatic carbocycles. The Balaban J connectivity index is 2.65. The molecule has 0 aliphatic carbocycles. The zero-order valence-electron chi connectivity index (χ0n) is 12.7. The van der Waals surface area contributed by atoms with Crippen LogP contribution >= 0.6 is 0 Å². The molecule has 0 aromatic heterocycles. The second-order valence-corrected chi connectivity index (χ2v) is 5.90. The topological polar surface area (TPSA) is 41.6 Å². The Labute approximate surface area is 115 Å². The standard InChI is InChI=1S/C15H24N2O2/c1-11(14(18)16-17(5)6)19-13-9-7-12(8-10-13)15(2,3)4/h7-11H,1-6H3,(H,16,18)/t11-/m0/s1. The average Bonchev–Trinajstić information content (AvgIpc) is 2.27. The molecule has 1 atom stereocenters. The summed E-state index contributed by atoms with van der Waals surface area (Å²) in [4.78, 5) is 11.7. The van der Waals surface area contributed by atoms with Crippen molar-refractivity contribution in [2.45, 2.75) is 39.2 Å². The van der Waals surface area contributed by atoms with Crippen LogP contribution in [-0.2, 0) is 10.2 Å². The monoisotopic (exact) mass is 264 g/mol. The third-order valence-corrected chi connectivity index (χ3v) is 2.74. The molecule has 0 unspecified atom stereocenters. The first kappa shape index (κ1) is 15.5. The molecular formula is C15H24N2O2. The van der Waals surface area contributed by atoms with E-state index in [4.69, 9.17) is 4.74 Å². The van der Waals surface area contributed by atoms with E-state index in [0.717, 1.165) is 0 Å². The van der Waals surface area contributed by atoms with Crippen LogP contribution in [0.1, 0.15) is 33.3 Å². The molecule has 1 aromatic rings. The lowest BCUT2D eigenvalue weighted by Gasteiger charge is -2.20. The summed E-state index contributed by atoms with van der Waals surface area (Å²) in [5.41, 5.74) is 4.03. The van der Waals surface area contributed by atoms with Crippen LogP contribution in [0, 0.1) is 0 Å². The van der Waals surface area contributed by atoms with E-state index in [1.165, 1.54) is 5.56 Å². The Morgan fingerprint density at radius 1 is 1.21 bits per heavy atom. The summed E-state index contributed by atoms with van der Waals surface area (Å²) in [6.07, 6.45) is -0.525. The SMILES string of the molecule is C[C@H](Oc1ccc(C(C)(C)C)cc1)C(=O)NN(C)C. The molecule has 0 fully saturated rings. The minimum absolute atomic E-state index is 0.118. The third kappa shape index (κ3) is 4.91. The summed E-state index contributed by atoms with van der Waals surface area (Å²) in [5, 5.41) is 1.60. The molecule has 19 heavy (non-hydrogen) atoms. The van der Waals surface area contributed by atoms with E-state index >= 15 is 0 Å². The highest BCUT2D eigenvalue weighted by molar-refractivity contribution is 5.80. The second-order valence-electron chi connectivity index (χ2n) is 5.90. The number of benzene rings is 1. The van der Waals surface area contributed by atoms with E-state index < -0.39 is 6.10 Å². The molecule has 0 saturated heterocycles. The lowest BCUT2D eigenvalue weighted by Crippen LogP contribution is -2.43. The van der Waals surface area contributed by atoms with Crippen LogP contribution in [0.15, 0.2) is 24.3 Å². The molecule has 0 spiro atoms. The number of amides is 1. The molecule has 106 valence electrons. The smallest absolute Gasteiger partial charge is 0.275 e. The Morgan fingerprint density at radius 3 is 2.16 bits per heavy atom. The van der Waals surface area contributed by atoms with Gasteiger partial charge in [0.2, 0.25) is 0 Å². The van der Waals surface area contributed by atoms with Crippen LogP contribution in [0.4, 0.5) is 0 Å². The van der Waals surface area contributed by atoms with Gasteiger partial charge in [-0.05, 0) is 30.0 Å². The summed E-state index contributed by atoms with van der Waals surface area (Å²) in [6.45, 7) is 8.22. The Kier molecular flexibility index (Phi) is 4.95. The van der Waals surface area contributed by atoms with Crippen molar-refractivity contribution >= 4 is 5.91 Å². The van der Waals surface area contributed by atoms with Crippen molar-refractivity contribution in [3.05, 3.63) is 29.8 Å². The van der Waals surface area contributed by atoms with E-state index in [-0.39, 0.29) is 11.3 Å². The molecular weight excluding hydrogens is 240 g/mol. The number of ether oxygens (including phenoxy) is 1. The number of rotatable bonds is 4. The fraction of sp³-hybridized carbons (Fsp3) is 0.533. The van der Waals surface area contributed by atoms with Gasteiger partial charge in [0.25, 0.3) is 5.91 Å². The Bertz CT molecular complexity index is 419. The molecule has 1 rings (SSSR count). The minimum atomic E-state index is -0.525. The summed E-state index contributed by atoms with van der Waals surface area (Å²) < 4.78 is 5.61. The van der Waals surface area contributed by atoms with Gasteiger partial charge < -0.3 is 4.74 Å². The fourth-order valence-corrected chi connectivity index (χ4v) is 1.60. The fourth-order valence-electron chi connectivity index (χ4n) is 1.60. The normalized spacial score (nSPS) is 13.2. The van der Waals surface area contributed by atoms with Gasteiger partial charge in [0.1, 0.15) is 5.75 Å². The molecule has 0 bridgehead atoms. The number of hydrogen-bond donors (Lipinski definition) is 1. The van der Waals surface area contributed by atoms with Crippen LogP contribution in [0.25, 0.3) is 0 Å². The van der Waals surface area contributed by atoms with Crippen molar-refractivity contribution in [3.8, 4) is 5.75 Å². The Morgan fingerprint density at radius 2 is 1.74 bits per heavy atom. The first-order valence-electron chi connectivity index (χ1n) is 6.45. The number of carbonyl (C=O) groups is 1. The number of nitrogens with zero attached hydrogens (tertiary/aromatic N) is 1. The van der Waals surface area contributed by atoms with Crippen molar-refractivity contribution in [3.63, 3.8) is 0 Å². The first-order valence-corrected chi connectivity index (χ1v) is 6.45. The average molecular weight is 264 g/mol. The highest BCUT2D eigenvalue weighted by atomic mass is 16.5. The van der Waals surface area contributed by atoms with Gasteiger partial charge in [-0.1, -0.05) is 32.9 Å². The zero-order valence-corrected chi connectivity index (χ0v) is 12.7. The van der Waals surface area contributed by atoms with Gasteiger partial charge in [0, 0.05) is 14.1 Å². The highest BCUT2D eigenvalue weighted by Crippen LogP contribution is 2.24. The Hall–Kier alpha value is -1.55. The van der Waals surface area contributed by atoms with Crippen molar-refractivity contribution in [1.29, 1.82) is 0 Å². The molecule has 0 radical (unpaired) electrons. The van der Waals surface area contributed by atoms with Crippen LogP contribution in [0.2, 0.25) is 0 Å². The quantitative estimate of drug-likeness (QED) is 0.849. The van der Waals surface area contributed by atoms with E-state index in [9.17, 15) is 4.79 Å². The summed E-state index contributed by atoms with van der Waals surface area (Å²) >= 11 is 0. The van der Waals surface area contributed by atoms with Gasteiger partial charge in [-0.15, -0.1) is 0 Å². The van der Waals surface area contributed by atoms with Gasteiger partial charge in [0.15, 0.2) is 6.10 Å². The molecule has 4 heteroatoms. The molecule has 1 N–H and O–H groups in total. The number of carbonyl (C=O) groups excluding carboxylic acids is 1.